The van der Waals surface area contributed by atoms with Crippen LogP contribution in [-0.2, 0) is 17.8 Å². The van der Waals surface area contributed by atoms with Crippen LogP contribution in [0.3, 0.4) is 0 Å². The van der Waals surface area contributed by atoms with Gasteiger partial charge in [-0.15, -0.1) is 11.6 Å². The Morgan fingerprint density at radius 2 is 1.95 bits per heavy atom. The third-order valence-corrected chi connectivity index (χ3v) is 3.58. The molecule has 0 amide bonds. The maximum absolute atomic E-state index is 12.2. The van der Waals surface area contributed by atoms with E-state index in [0.29, 0.717) is 18.0 Å². The lowest BCUT2D eigenvalue weighted by Crippen LogP contribution is -2.09. The molecular weight excluding hydrogens is 274 g/mol. The lowest BCUT2D eigenvalue weighted by atomic mass is 10.1. The van der Waals surface area contributed by atoms with Crippen molar-refractivity contribution in [3.8, 4) is 0 Å². The predicted octanol–water partition coefficient (Wildman–Crippen LogP) is 3.77. The molecule has 1 heterocycles. The average Bonchev–Trinajstić information content (AvgIpc) is 2.75. The van der Waals surface area contributed by atoms with Crippen LogP contribution in [0.15, 0.2) is 30.3 Å². The molecule has 1 N–H and O–H groups in total. The third-order valence-electron chi connectivity index (χ3n) is 3.39. The summed E-state index contributed by atoms with van der Waals surface area (Å²) in [5.41, 5.74) is 4.51. The topological polar surface area (TPSA) is 42.1 Å². The first-order chi connectivity index (χ1) is 9.63. The SMILES string of the molecule is Cc1[nH]c(C(=O)OCc2ccccc2)c(CCCl)c1C. The normalized spacial score (nSPS) is 10.6. The summed E-state index contributed by atoms with van der Waals surface area (Å²) in [4.78, 5) is 15.3. The fourth-order valence-corrected chi connectivity index (χ4v) is 2.34. The summed E-state index contributed by atoms with van der Waals surface area (Å²) in [6.45, 7) is 4.21. The number of ether oxygens (including phenoxy) is 1. The molecule has 0 aliphatic carbocycles. The monoisotopic (exact) mass is 291 g/mol. The van der Waals surface area contributed by atoms with Crippen molar-refractivity contribution < 1.29 is 9.53 Å². The zero-order valence-corrected chi connectivity index (χ0v) is 12.5. The highest BCUT2D eigenvalue weighted by atomic mass is 35.5. The van der Waals surface area contributed by atoms with E-state index in [1.54, 1.807) is 0 Å². The van der Waals surface area contributed by atoms with Gasteiger partial charge in [-0.1, -0.05) is 30.3 Å². The number of aryl methyl sites for hydroxylation is 1. The molecule has 4 heteroatoms. The quantitative estimate of drug-likeness (QED) is 0.673. The van der Waals surface area contributed by atoms with Crippen molar-refractivity contribution in [2.75, 3.05) is 5.88 Å². The van der Waals surface area contributed by atoms with Gasteiger partial charge in [0, 0.05) is 11.6 Å². The molecule has 0 atom stereocenters. The average molecular weight is 292 g/mol. The van der Waals surface area contributed by atoms with Crippen LogP contribution in [0, 0.1) is 13.8 Å². The van der Waals surface area contributed by atoms with Gasteiger partial charge in [0.15, 0.2) is 0 Å². The van der Waals surface area contributed by atoms with Crippen LogP contribution in [0.5, 0.6) is 0 Å². The molecule has 0 aliphatic heterocycles. The number of H-pyrrole nitrogens is 1. The van der Waals surface area contributed by atoms with E-state index in [1.165, 1.54) is 0 Å². The molecule has 1 aromatic heterocycles. The van der Waals surface area contributed by atoms with Crippen molar-refractivity contribution in [1.29, 1.82) is 0 Å². The summed E-state index contributed by atoms with van der Waals surface area (Å²) in [6, 6.07) is 9.63. The van der Waals surface area contributed by atoms with Gasteiger partial charge in [-0.3, -0.25) is 0 Å². The van der Waals surface area contributed by atoms with Gasteiger partial charge in [-0.2, -0.15) is 0 Å². The Kier molecular flexibility index (Phi) is 4.85. The highest BCUT2D eigenvalue weighted by Gasteiger charge is 2.18. The van der Waals surface area contributed by atoms with Gasteiger partial charge < -0.3 is 9.72 Å². The van der Waals surface area contributed by atoms with Crippen molar-refractivity contribution in [1.82, 2.24) is 4.98 Å². The van der Waals surface area contributed by atoms with E-state index in [2.05, 4.69) is 4.98 Å². The van der Waals surface area contributed by atoms with Crippen LogP contribution in [0.1, 0.15) is 32.9 Å². The van der Waals surface area contributed by atoms with Crippen molar-refractivity contribution >= 4 is 17.6 Å². The minimum absolute atomic E-state index is 0.275. The molecule has 0 fully saturated rings. The Morgan fingerprint density at radius 3 is 2.60 bits per heavy atom. The fourth-order valence-electron chi connectivity index (χ4n) is 2.15. The first-order valence-electron chi connectivity index (χ1n) is 6.58. The van der Waals surface area contributed by atoms with E-state index < -0.39 is 0 Å². The van der Waals surface area contributed by atoms with E-state index in [4.69, 9.17) is 16.3 Å². The molecule has 0 saturated carbocycles. The number of hydrogen-bond acceptors (Lipinski definition) is 2. The molecule has 0 radical (unpaired) electrons. The lowest BCUT2D eigenvalue weighted by Gasteiger charge is -2.06. The highest BCUT2D eigenvalue weighted by Crippen LogP contribution is 2.20. The molecule has 2 rings (SSSR count). The van der Waals surface area contributed by atoms with Gasteiger partial charge in [-0.05, 0) is 37.0 Å². The smallest absolute Gasteiger partial charge is 0.355 e. The van der Waals surface area contributed by atoms with Gasteiger partial charge in [-0.25, -0.2) is 4.79 Å². The first-order valence-corrected chi connectivity index (χ1v) is 7.12. The number of alkyl halides is 1. The molecule has 2 aromatic rings. The van der Waals surface area contributed by atoms with Crippen LogP contribution >= 0.6 is 11.6 Å². The Morgan fingerprint density at radius 1 is 1.25 bits per heavy atom. The minimum atomic E-state index is -0.329. The molecule has 0 spiro atoms. The number of aromatic amines is 1. The van der Waals surface area contributed by atoms with E-state index in [0.717, 1.165) is 22.4 Å². The Hall–Kier alpha value is -1.74. The molecule has 1 aromatic carbocycles. The first kappa shape index (κ1) is 14.7. The fraction of sp³-hybridized carbons (Fsp3) is 0.312. The number of aromatic nitrogens is 1. The second kappa shape index (κ2) is 6.62. The van der Waals surface area contributed by atoms with Crippen molar-refractivity contribution in [3.05, 3.63) is 58.4 Å². The second-order valence-corrected chi connectivity index (χ2v) is 5.11. The Balaban J connectivity index is 2.11. The molecule has 20 heavy (non-hydrogen) atoms. The van der Waals surface area contributed by atoms with Crippen molar-refractivity contribution in [3.63, 3.8) is 0 Å². The van der Waals surface area contributed by atoms with Gasteiger partial charge in [0.2, 0.25) is 0 Å². The molecule has 0 aliphatic rings. The summed E-state index contributed by atoms with van der Waals surface area (Å²) in [7, 11) is 0. The van der Waals surface area contributed by atoms with Crippen LogP contribution in [0.25, 0.3) is 0 Å². The lowest BCUT2D eigenvalue weighted by molar-refractivity contribution is 0.0465. The molecule has 106 valence electrons. The Labute approximate surface area is 123 Å². The standard InChI is InChI=1S/C16H18ClNO2/c1-11-12(2)18-15(14(11)8-9-17)16(19)20-10-13-6-4-3-5-7-13/h3-7,18H,8-10H2,1-2H3. The number of benzene rings is 1. The summed E-state index contributed by atoms with van der Waals surface area (Å²) < 4.78 is 5.36. The number of hydrogen-bond donors (Lipinski definition) is 1. The third kappa shape index (κ3) is 3.23. The molecular formula is C16H18ClNO2. The predicted molar refractivity (Wildman–Crippen MR) is 80.3 cm³/mol. The van der Waals surface area contributed by atoms with Crippen molar-refractivity contribution in [2.45, 2.75) is 26.9 Å². The number of carbonyl (C=O) groups excluding carboxylic acids is 1. The maximum atomic E-state index is 12.2. The molecule has 0 unspecified atom stereocenters. The molecule has 0 bridgehead atoms. The van der Waals surface area contributed by atoms with Crippen LogP contribution in [0.4, 0.5) is 0 Å². The largest absolute Gasteiger partial charge is 0.456 e. The number of carbonyl (C=O) groups is 1. The van der Waals surface area contributed by atoms with Crippen LogP contribution < -0.4 is 0 Å². The zero-order chi connectivity index (χ0) is 14.5. The van der Waals surface area contributed by atoms with E-state index >= 15 is 0 Å². The van der Waals surface area contributed by atoms with Crippen molar-refractivity contribution in [2.24, 2.45) is 0 Å². The van der Waals surface area contributed by atoms with Gasteiger partial charge in [0.25, 0.3) is 0 Å². The van der Waals surface area contributed by atoms with Gasteiger partial charge >= 0.3 is 5.97 Å². The summed E-state index contributed by atoms with van der Waals surface area (Å²) in [5.74, 6) is 0.155. The van der Waals surface area contributed by atoms with E-state index in [-0.39, 0.29) is 12.6 Å². The van der Waals surface area contributed by atoms with E-state index in [9.17, 15) is 4.79 Å². The Bertz CT molecular complexity index is 590. The van der Waals surface area contributed by atoms with Crippen LogP contribution in [0.2, 0.25) is 0 Å². The summed E-state index contributed by atoms with van der Waals surface area (Å²) in [6.07, 6.45) is 0.660. The minimum Gasteiger partial charge on any atom is -0.456 e. The maximum Gasteiger partial charge on any atom is 0.355 e. The summed E-state index contributed by atoms with van der Waals surface area (Å²) >= 11 is 5.80. The highest BCUT2D eigenvalue weighted by molar-refractivity contribution is 6.18. The molecule has 0 saturated heterocycles. The molecule has 3 nitrogen and oxygen atoms in total. The van der Waals surface area contributed by atoms with E-state index in [1.807, 2.05) is 44.2 Å². The number of halogens is 1. The number of rotatable bonds is 5. The summed E-state index contributed by atoms with van der Waals surface area (Å²) in [5, 5.41) is 0. The number of nitrogens with one attached hydrogen (secondary N) is 1. The van der Waals surface area contributed by atoms with Gasteiger partial charge in [0.05, 0.1) is 0 Å². The van der Waals surface area contributed by atoms with Crippen LogP contribution in [-0.4, -0.2) is 16.8 Å². The second-order valence-electron chi connectivity index (χ2n) is 4.73. The zero-order valence-electron chi connectivity index (χ0n) is 11.7. The number of esters is 1. The van der Waals surface area contributed by atoms with Gasteiger partial charge in [0.1, 0.15) is 12.3 Å².